The van der Waals surface area contributed by atoms with Gasteiger partial charge in [0, 0.05) is 18.4 Å². The van der Waals surface area contributed by atoms with Crippen LogP contribution in [0, 0.1) is 0 Å². The minimum Gasteiger partial charge on any atom is -0.497 e. The van der Waals surface area contributed by atoms with Crippen LogP contribution in [-0.4, -0.2) is 20.1 Å². The highest BCUT2D eigenvalue weighted by atomic mass is 16.5. The molecule has 2 aromatic rings. The molecule has 0 spiro atoms. The van der Waals surface area contributed by atoms with Gasteiger partial charge in [-0.25, -0.2) is 0 Å². The van der Waals surface area contributed by atoms with Crippen LogP contribution in [0.5, 0.6) is 5.75 Å². The van der Waals surface area contributed by atoms with Crippen LogP contribution < -0.4 is 21.1 Å². The fraction of sp³-hybridized carbons (Fsp3) is 0.133. The van der Waals surface area contributed by atoms with E-state index in [2.05, 4.69) is 0 Å². The number of nitrogens with two attached hydrogens (primary N) is 2. The van der Waals surface area contributed by atoms with E-state index < -0.39 is 5.91 Å². The van der Waals surface area contributed by atoms with Crippen LogP contribution in [0.3, 0.4) is 0 Å². The number of carbonyl (C=O) groups is 1. The minimum atomic E-state index is -0.486. The van der Waals surface area contributed by atoms with E-state index in [4.69, 9.17) is 16.2 Å². The third-order valence-electron chi connectivity index (χ3n) is 3.11. The lowest BCUT2D eigenvalue weighted by molar-refractivity contribution is 0.100. The summed E-state index contributed by atoms with van der Waals surface area (Å²) in [7, 11) is 3.46. The van der Waals surface area contributed by atoms with E-state index in [1.54, 1.807) is 25.3 Å². The maximum Gasteiger partial charge on any atom is 0.250 e. The van der Waals surface area contributed by atoms with Gasteiger partial charge in [0.25, 0.3) is 5.91 Å². The summed E-state index contributed by atoms with van der Waals surface area (Å²) in [5.74, 6) is 0.283. The molecule has 2 rings (SSSR count). The number of hydrogen-bond donors (Lipinski definition) is 2. The first-order valence-electron chi connectivity index (χ1n) is 6.10. The third kappa shape index (κ3) is 2.66. The maximum atomic E-state index is 11.5. The predicted octanol–water partition coefficient (Wildman–Crippen LogP) is 2.14. The van der Waals surface area contributed by atoms with E-state index in [9.17, 15) is 4.79 Å². The Morgan fingerprint density at radius 1 is 1.15 bits per heavy atom. The summed E-state index contributed by atoms with van der Waals surface area (Å²) in [4.78, 5) is 13.4. The molecule has 5 nitrogen and oxygen atoms in total. The van der Waals surface area contributed by atoms with Crippen LogP contribution in [0.1, 0.15) is 10.4 Å². The molecule has 104 valence electrons. The summed E-state index contributed by atoms with van der Waals surface area (Å²) in [5.41, 5.74) is 13.8. The molecular weight excluding hydrogens is 254 g/mol. The van der Waals surface area contributed by atoms with Crippen LogP contribution in [0.2, 0.25) is 0 Å². The lowest BCUT2D eigenvalue weighted by Gasteiger charge is -2.22. The fourth-order valence-corrected chi connectivity index (χ4v) is 1.98. The van der Waals surface area contributed by atoms with Crippen LogP contribution in [0.4, 0.5) is 17.1 Å². The second kappa shape index (κ2) is 5.52. The van der Waals surface area contributed by atoms with Crippen LogP contribution in [0.15, 0.2) is 42.5 Å². The molecule has 1 amide bonds. The van der Waals surface area contributed by atoms with Gasteiger partial charge < -0.3 is 21.1 Å². The van der Waals surface area contributed by atoms with Crippen molar-refractivity contribution >= 4 is 23.0 Å². The van der Waals surface area contributed by atoms with Crippen molar-refractivity contribution in [2.45, 2.75) is 0 Å². The highest BCUT2D eigenvalue weighted by molar-refractivity contribution is 6.00. The number of rotatable bonds is 4. The molecule has 0 aliphatic heterocycles. The van der Waals surface area contributed by atoms with Gasteiger partial charge in [-0.15, -0.1) is 0 Å². The second-order valence-electron chi connectivity index (χ2n) is 4.40. The van der Waals surface area contributed by atoms with E-state index in [1.807, 2.05) is 36.2 Å². The van der Waals surface area contributed by atoms with Gasteiger partial charge in [0.15, 0.2) is 0 Å². The number of benzene rings is 2. The summed E-state index contributed by atoms with van der Waals surface area (Å²) < 4.78 is 5.12. The smallest absolute Gasteiger partial charge is 0.250 e. The summed E-state index contributed by atoms with van der Waals surface area (Å²) in [6, 6.07) is 12.5. The third-order valence-corrected chi connectivity index (χ3v) is 3.11. The van der Waals surface area contributed by atoms with Crippen molar-refractivity contribution in [2.24, 2.45) is 5.73 Å². The average Bonchev–Trinajstić information content (AvgIpc) is 2.46. The van der Waals surface area contributed by atoms with Gasteiger partial charge >= 0.3 is 0 Å². The van der Waals surface area contributed by atoms with Gasteiger partial charge in [-0.3, -0.25) is 4.79 Å². The van der Waals surface area contributed by atoms with Gasteiger partial charge in [-0.05, 0) is 42.5 Å². The molecule has 0 saturated carbocycles. The standard InChI is InChI=1S/C15H17N3O2/c1-18(11-4-6-12(20-2)7-5-11)14-9-10(16)3-8-13(14)15(17)19/h3-9H,16H2,1-2H3,(H2,17,19). The number of anilines is 3. The topological polar surface area (TPSA) is 81.6 Å². The number of nitrogen functional groups attached to an aromatic ring is 1. The largest absolute Gasteiger partial charge is 0.497 e. The molecule has 0 heterocycles. The van der Waals surface area contributed by atoms with Gasteiger partial charge in [-0.1, -0.05) is 0 Å². The number of ether oxygens (including phenoxy) is 1. The second-order valence-corrected chi connectivity index (χ2v) is 4.40. The first kappa shape index (κ1) is 13.7. The quantitative estimate of drug-likeness (QED) is 0.835. The molecular formula is C15H17N3O2. The zero-order valence-corrected chi connectivity index (χ0v) is 11.5. The average molecular weight is 271 g/mol. The van der Waals surface area contributed by atoms with Gasteiger partial charge in [0.1, 0.15) is 5.75 Å². The number of primary amides is 1. The molecule has 0 unspecified atom stereocenters. The number of hydrogen-bond acceptors (Lipinski definition) is 4. The van der Waals surface area contributed by atoms with Gasteiger partial charge in [0.2, 0.25) is 0 Å². The lowest BCUT2D eigenvalue weighted by Crippen LogP contribution is -2.18. The first-order valence-corrected chi connectivity index (χ1v) is 6.10. The fourth-order valence-electron chi connectivity index (χ4n) is 1.98. The Bertz CT molecular complexity index is 624. The molecule has 4 N–H and O–H groups in total. The Hall–Kier alpha value is -2.69. The van der Waals surface area contributed by atoms with Crippen LogP contribution in [-0.2, 0) is 0 Å². The summed E-state index contributed by atoms with van der Waals surface area (Å²) in [5, 5.41) is 0. The highest BCUT2D eigenvalue weighted by Crippen LogP contribution is 2.29. The van der Waals surface area contributed by atoms with Crippen molar-refractivity contribution in [2.75, 3.05) is 24.8 Å². The normalized spacial score (nSPS) is 10.1. The summed E-state index contributed by atoms with van der Waals surface area (Å²) in [6.45, 7) is 0. The van der Waals surface area contributed by atoms with Crippen molar-refractivity contribution in [3.8, 4) is 5.75 Å². The number of nitrogens with zero attached hydrogens (tertiary/aromatic N) is 1. The van der Waals surface area contributed by atoms with Crippen molar-refractivity contribution in [3.05, 3.63) is 48.0 Å². The monoisotopic (exact) mass is 271 g/mol. The molecule has 20 heavy (non-hydrogen) atoms. The summed E-state index contributed by atoms with van der Waals surface area (Å²) in [6.07, 6.45) is 0. The van der Waals surface area contributed by atoms with Crippen molar-refractivity contribution in [1.29, 1.82) is 0 Å². The molecule has 0 fully saturated rings. The molecule has 0 aliphatic carbocycles. The molecule has 5 heteroatoms. The van der Waals surface area contributed by atoms with Crippen molar-refractivity contribution in [1.82, 2.24) is 0 Å². The number of carbonyl (C=O) groups excluding carboxylic acids is 1. The zero-order valence-electron chi connectivity index (χ0n) is 11.5. The Morgan fingerprint density at radius 2 is 1.80 bits per heavy atom. The van der Waals surface area contributed by atoms with Gasteiger partial charge in [0.05, 0.1) is 18.4 Å². The number of amides is 1. The van der Waals surface area contributed by atoms with E-state index in [1.165, 1.54) is 0 Å². The minimum absolute atomic E-state index is 0.428. The van der Waals surface area contributed by atoms with E-state index in [-0.39, 0.29) is 0 Å². The summed E-state index contributed by atoms with van der Waals surface area (Å²) >= 11 is 0. The lowest BCUT2D eigenvalue weighted by atomic mass is 10.1. The van der Waals surface area contributed by atoms with Gasteiger partial charge in [-0.2, -0.15) is 0 Å². The first-order chi connectivity index (χ1) is 9.52. The van der Waals surface area contributed by atoms with Crippen molar-refractivity contribution in [3.63, 3.8) is 0 Å². The Labute approximate surface area is 117 Å². The van der Waals surface area contributed by atoms with Crippen LogP contribution >= 0.6 is 0 Å². The van der Waals surface area contributed by atoms with Crippen LogP contribution in [0.25, 0.3) is 0 Å². The molecule has 0 radical (unpaired) electrons. The molecule has 0 saturated heterocycles. The Kier molecular flexibility index (Phi) is 3.79. The molecule has 0 aromatic heterocycles. The maximum absolute atomic E-state index is 11.5. The zero-order chi connectivity index (χ0) is 14.7. The number of methoxy groups -OCH3 is 1. The van der Waals surface area contributed by atoms with Crippen molar-refractivity contribution < 1.29 is 9.53 Å². The molecule has 0 atom stereocenters. The molecule has 0 bridgehead atoms. The SMILES string of the molecule is COc1ccc(N(C)c2cc(N)ccc2C(N)=O)cc1. The highest BCUT2D eigenvalue weighted by Gasteiger charge is 2.13. The van der Waals surface area contributed by atoms with E-state index in [0.717, 1.165) is 11.4 Å². The predicted molar refractivity (Wildman–Crippen MR) is 80.4 cm³/mol. The van der Waals surface area contributed by atoms with E-state index >= 15 is 0 Å². The Balaban J connectivity index is 2.43. The van der Waals surface area contributed by atoms with E-state index in [0.29, 0.717) is 16.9 Å². The molecule has 2 aromatic carbocycles. The Morgan fingerprint density at radius 3 is 2.35 bits per heavy atom. The molecule has 0 aliphatic rings.